The molecule has 7 heteroatoms. The van der Waals surface area contributed by atoms with Gasteiger partial charge in [-0.3, -0.25) is 14.5 Å². The highest BCUT2D eigenvalue weighted by Crippen LogP contribution is 2.25. The van der Waals surface area contributed by atoms with Crippen LogP contribution in [0.2, 0.25) is 0 Å². The maximum absolute atomic E-state index is 13.0. The molecule has 0 aliphatic carbocycles. The lowest BCUT2D eigenvalue weighted by atomic mass is 10.1. The zero-order valence-corrected chi connectivity index (χ0v) is 18.0. The number of para-hydroxylation sites is 1. The van der Waals surface area contributed by atoms with Gasteiger partial charge in [-0.25, -0.2) is 4.68 Å². The van der Waals surface area contributed by atoms with Gasteiger partial charge in [0.25, 0.3) is 11.7 Å². The summed E-state index contributed by atoms with van der Waals surface area (Å²) < 4.78 is 7.33. The summed E-state index contributed by atoms with van der Waals surface area (Å²) in [6.45, 7) is 5.80. The van der Waals surface area contributed by atoms with E-state index in [9.17, 15) is 9.59 Å². The first kappa shape index (κ1) is 21.1. The number of Topliss-reactive ketones (excluding diaryl/α,β-unsaturated/α-hetero) is 1. The number of aromatic nitrogens is 2. The Labute approximate surface area is 182 Å². The molecule has 1 aliphatic heterocycles. The number of likely N-dealkylation sites (tertiary alicyclic amines) is 1. The average molecular weight is 421 g/mol. The third kappa shape index (κ3) is 4.46. The molecule has 162 valence electrons. The van der Waals surface area contributed by atoms with Gasteiger partial charge < -0.3 is 9.73 Å². The van der Waals surface area contributed by atoms with Gasteiger partial charge in [0.1, 0.15) is 5.76 Å². The largest absolute Gasteiger partial charge is 0.468 e. The lowest BCUT2D eigenvalue weighted by Crippen LogP contribution is -2.42. The predicted molar refractivity (Wildman–Crippen MR) is 117 cm³/mol. The minimum absolute atomic E-state index is 0.0821. The number of rotatable bonds is 7. The number of nitrogens with zero attached hydrogens (tertiary/aromatic N) is 3. The van der Waals surface area contributed by atoms with Crippen molar-refractivity contribution in [3.8, 4) is 5.69 Å². The molecule has 0 radical (unpaired) electrons. The average Bonchev–Trinajstić information content (AvgIpc) is 3.43. The second-order valence-corrected chi connectivity index (χ2v) is 7.96. The van der Waals surface area contributed by atoms with Gasteiger partial charge in [-0.2, -0.15) is 5.10 Å². The molecule has 1 saturated heterocycles. The van der Waals surface area contributed by atoms with E-state index < -0.39 is 11.7 Å². The van der Waals surface area contributed by atoms with Gasteiger partial charge in [-0.1, -0.05) is 24.6 Å². The van der Waals surface area contributed by atoms with E-state index in [0.717, 1.165) is 37.4 Å². The fraction of sp³-hybridized carbons (Fsp3) is 0.375. The van der Waals surface area contributed by atoms with Gasteiger partial charge in [0.2, 0.25) is 0 Å². The molecule has 1 amide bonds. The van der Waals surface area contributed by atoms with E-state index in [4.69, 9.17) is 4.42 Å². The number of hydrogen-bond acceptors (Lipinski definition) is 5. The third-order valence-corrected chi connectivity index (χ3v) is 5.88. The van der Waals surface area contributed by atoms with Crippen LogP contribution in [0.5, 0.6) is 0 Å². The van der Waals surface area contributed by atoms with Crippen molar-refractivity contribution in [3.05, 3.63) is 71.4 Å². The van der Waals surface area contributed by atoms with Gasteiger partial charge >= 0.3 is 0 Å². The number of benzene rings is 1. The Morgan fingerprint density at radius 2 is 1.81 bits per heavy atom. The molecule has 1 fully saturated rings. The first-order valence-electron chi connectivity index (χ1n) is 10.8. The standard InChI is InChI=1S/C24H28N4O3/c1-17-22(18(2)28(26-17)19-10-5-3-6-11-19)23(29)24(30)25-16-20(21-12-9-15-31-21)27-13-7-4-8-14-27/h3,5-6,9-12,15,20H,4,7-8,13-14,16H2,1-2H3,(H,25,30). The maximum atomic E-state index is 13.0. The van der Waals surface area contributed by atoms with E-state index in [1.165, 1.54) is 6.42 Å². The quantitative estimate of drug-likeness (QED) is 0.467. The number of furan rings is 1. The molecule has 1 N–H and O–H groups in total. The van der Waals surface area contributed by atoms with Gasteiger partial charge in [0, 0.05) is 6.54 Å². The lowest BCUT2D eigenvalue weighted by Gasteiger charge is -2.33. The third-order valence-electron chi connectivity index (χ3n) is 5.88. The van der Waals surface area contributed by atoms with Crippen LogP contribution in [-0.4, -0.2) is 46.0 Å². The van der Waals surface area contributed by atoms with Crippen LogP contribution >= 0.6 is 0 Å². The van der Waals surface area contributed by atoms with E-state index in [0.29, 0.717) is 23.5 Å². The van der Waals surface area contributed by atoms with Crippen LogP contribution in [0, 0.1) is 13.8 Å². The summed E-state index contributed by atoms with van der Waals surface area (Å²) in [4.78, 5) is 28.1. The molecule has 3 heterocycles. The van der Waals surface area contributed by atoms with E-state index >= 15 is 0 Å². The number of nitrogens with one attached hydrogen (secondary N) is 1. The summed E-state index contributed by atoms with van der Waals surface area (Å²) in [5.41, 5.74) is 2.40. The van der Waals surface area contributed by atoms with Crippen molar-refractivity contribution >= 4 is 11.7 Å². The number of aryl methyl sites for hydroxylation is 1. The molecule has 0 spiro atoms. The first-order valence-corrected chi connectivity index (χ1v) is 10.8. The number of ketones is 1. The minimum Gasteiger partial charge on any atom is -0.468 e. The smallest absolute Gasteiger partial charge is 0.292 e. The second kappa shape index (κ2) is 9.31. The summed E-state index contributed by atoms with van der Waals surface area (Å²) in [6.07, 6.45) is 5.11. The molecule has 4 rings (SSSR count). The number of piperidine rings is 1. The normalized spacial score (nSPS) is 15.5. The number of hydrogen-bond donors (Lipinski definition) is 1. The van der Waals surface area contributed by atoms with Gasteiger partial charge in [0.05, 0.1) is 34.9 Å². The summed E-state index contributed by atoms with van der Waals surface area (Å²) in [5.74, 6) is -0.375. The molecule has 7 nitrogen and oxygen atoms in total. The van der Waals surface area contributed by atoms with E-state index in [1.54, 1.807) is 17.9 Å². The van der Waals surface area contributed by atoms with Crippen molar-refractivity contribution < 1.29 is 14.0 Å². The Hall–Kier alpha value is -3.19. The Morgan fingerprint density at radius 1 is 1.06 bits per heavy atom. The Bertz CT molecular complexity index is 1030. The minimum atomic E-state index is -0.618. The van der Waals surface area contributed by atoms with E-state index in [-0.39, 0.29) is 6.04 Å². The highest BCUT2D eigenvalue weighted by atomic mass is 16.3. The Balaban J connectivity index is 1.49. The van der Waals surface area contributed by atoms with Crippen LogP contribution in [-0.2, 0) is 4.79 Å². The van der Waals surface area contributed by atoms with Gasteiger partial charge in [-0.15, -0.1) is 0 Å². The molecule has 3 aromatic rings. The molecule has 1 aromatic carbocycles. The monoisotopic (exact) mass is 420 g/mol. The van der Waals surface area contributed by atoms with E-state index in [1.807, 2.05) is 49.4 Å². The number of carbonyl (C=O) groups excluding carboxylic acids is 2. The zero-order valence-electron chi connectivity index (χ0n) is 18.0. The highest BCUT2D eigenvalue weighted by molar-refractivity contribution is 6.43. The summed E-state index contributed by atoms with van der Waals surface area (Å²) in [7, 11) is 0. The molecule has 0 saturated carbocycles. The Kier molecular flexibility index (Phi) is 6.32. The van der Waals surface area contributed by atoms with E-state index in [2.05, 4.69) is 15.3 Å². The van der Waals surface area contributed by atoms with Crippen molar-refractivity contribution in [2.24, 2.45) is 0 Å². The highest BCUT2D eigenvalue weighted by Gasteiger charge is 2.28. The Morgan fingerprint density at radius 3 is 2.48 bits per heavy atom. The molecular formula is C24H28N4O3. The van der Waals surface area contributed by atoms with Gasteiger partial charge in [0.15, 0.2) is 0 Å². The van der Waals surface area contributed by atoms with Crippen LogP contribution in [0.4, 0.5) is 0 Å². The fourth-order valence-corrected chi connectivity index (χ4v) is 4.30. The van der Waals surface area contributed by atoms with Crippen LogP contribution in [0.3, 0.4) is 0 Å². The van der Waals surface area contributed by atoms with Crippen molar-refractivity contribution in [1.82, 2.24) is 20.0 Å². The van der Waals surface area contributed by atoms with Crippen molar-refractivity contribution in [3.63, 3.8) is 0 Å². The first-order chi connectivity index (χ1) is 15.1. The molecule has 1 atom stereocenters. The van der Waals surface area contributed by atoms with Crippen molar-refractivity contribution in [1.29, 1.82) is 0 Å². The number of amides is 1. The molecule has 0 bridgehead atoms. The van der Waals surface area contributed by atoms with Crippen molar-refractivity contribution in [2.45, 2.75) is 39.2 Å². The number of carbonyl (C=O) groups is 2. The molecule has 31 heavy (non-hydrogen) atoms. The molecule has 1 aliphatic rings. The molecule has 2 aromatic heterocycles. The second-order valence-electron chi connectivity index (χ2n) is 7.96. The summed E-state index contributed by atoms with van der Waals surface area (Å²) >= 11 is 0. The lowest BCUT2D eigenvalue weighted by molar-refractivity contribution is -0.117. The van der Waals surface area contributed by atoms with Crippen LogP contribution in [0.25, 0.3) is 5.69 Å². The van der Waals surface area contributed by atoms with Gasteiger partial charge in [-0.05, 0) is 64.0 Å². The van der Waals surface area contributed by atoms with Crippen LogP contribution in [0.15, 0.2) is 53.1 Å². The molecular weight excluding hydrogens is 392 g/mol. The summed E-state index contributed by atoms with van der Waals surface area (Å²) in [5, 5.41) is 7.33. The molecule has 1 unspecified atom stereocenters. The zero-order chi connectivity index (χ0) is 21.8. The SMILES string of the molecule is Cc1nn(-c2ccccc2)c(C)c1C(=O)C(=O)NCC(c1ccco1)N1CCCCC1. The summed E-state index contributed by atoms with van der Waals surface area (Å²) in [6, 6.07) is 13.3. The topological polar surface area (TPSA) is 80.4 Å². The van der Waals surface area contributed by atoms with Crippen LogP contribution < -0.4 is 5.32 Å². The van der Waals surface area contributed by atoms with Crippen LogP contribution in [0.1, 0.15) is 52.8 Å². The van der Waals surface area contributed by atoms with Crippen molar-refractivity contribution in [2.75, 3.05) is 19.6 Å². The predicted octanol–water partition coefficient (Wildman–Crippen LogP) is 3.61. The maximum Gasteiger partial charge on any atom is 0.292 e. The fourth-order valence-electron chi connectivity index (χ4n) is 4.30.